The maximum atomic E-state index is 11.7. The lowest BCUT2D eigenvalue weighted by atomic mass is 9.74. The molecule has 1 amide bonds. The van der Waals surface area contributed by atoms with Gasteiger partial charge in [-0.05, 0) is 55.7 Å². The molecule has 7 nitrogen and oxygen atoms in total. The molecule has 1 saturated heterocycles. The Morgan fingerprint density at radius 1 is 1.27 bits per heavy atom. The van der Waals surface area contributed by atoms with Crippen molar-refractivity contribution in [1.29, 1.82) is 0 Å². The van der Waals surface area contributed by atoms with Gasteiger partial charge in [-0.1, -0.05) is 12.5 Å². The van der Waals surface area contributed by atoms with Crippen LogP contribution in [0.4, 0.5) is 11.5 Å². The molecule has 1 aliphatic carbocycles. The number of nitrogens with two attached hydrogens (primary N) is 1. The van der Waals surface area contributed by atoms with Crippen molar-refractivity contribution in [2.75, 3.05) is 23.3 Å². The van der Waals surface area contributed by atoms with Gasteiger partial charge >= 0.3 is 0 Å². The third kappa shape index (κ3) is 3.17. The van der Waals surface area contributed by atoms with Crippen molar-refractivity contribution < 1.29 is 9.90 Å². The number of carbonyl (C=O) groups excluding carboxylic acids is 1. The molecule has 30 heavy (non-hydrogen) atoms. The van der Waals surface area contributed by atoms with E-state index < -0.39 is 0 Å². The molecule has 1 atom stereocenters. The molecule has 2 aromatic rings. The maximum Gasteiger partial charge on any atom is 0.228 e. The quantitative estimate of drug-likeness (QED) is 0.722. The Morgan fingerprint density at radius 3 is 2.77 bits per heavy atom. The van der Waals surface area contributed by atoms with Crippen molar-refractivity contribution >= 4 is 17.4 Å². The van der Waals surface area contributed by atoms with Crippen LogP contribution in [0.25, 0.3) is 11.3 Å². The zero-order valence-corrected chi connectivity index (χ0v) is 17.4. The number of carbonyl (C=O) groups is 1. The second-order valence-electron chi connectivity index (χ2n) is 9.03. The van der Waals surface area contributed by atoms with Crippen molar-refractivity contribution in [2.45, 2.75) is 58.1 Å². The van der Waals surface area contributed by atoms with Crippen LogP contribution < -0.4 is 16.0 Å². The summed E-state index contributed by atoms with van der Waals surface area (Å²) in [6.45, 7) is 3.62. The molecule has 7 heteroatoms. The largest absolute Gasteiger partial charge is 0.390 e. The lowest BCUT2D eigenvalue weighted by Crippen LogP contribution is -2.47. The van der Waals surface area contributed by atoms with Gasteiger partial charge in [0.1, 0.15) is 5.69 Å². The van der Waals surface area contributed by atoms with E-state index in [1.54, 1.807) is 0 Å². The van der Waals surface area contributed by atoms with Crippen LogP contribution in [-0.4, -0.2) is 40.1 Å². The third-order valence-corrected chi connectivity index (χ3v) is 7.31. The standard InChI is InChI=1S/C23H29N5O2/c1-14-21(15-4-5-17-16(11-15)12-20(30)26-17)27-18(13-29)22(25-14)28-9-7-23(8-10-28)6-2-3-19(23)24/h4-5,11,19,29H,2-3,6-10,12-13,24H2,1H3,(H,26,30)/t19-/m1/s1. The molecule has 1 spiro atoms. The van der Waals surface area contributed by atoms with Gasteiger partial charge in [-0.15, -0.1) is 0 Å². The summed E-state index contributed by atoms with van der Waals surface area (Å²) in [4.78, 5) is 23.6. The number of rotatable bonds is 3. The number of aryl methyl sites for hydroxylation is 1. The molecular formula is C23H29N5O2. The normalized spacial score (nSPS) is 22.4. The minimum absolute atomic E-state index is 0.0150. The van der Waals surface area contributed by atoms with Crippen LogP contribution in [0, 0.1) is 12.3 Å². The Hall–Kier alpha value is -2.51. The average molecular weight is 408 g/mol. The zero-order valence-electron chi connectivity index (χ0n) is 17.4. The number of benzene rings is 1. The van der Waals surface area contributed by atoms with Crippen molar-refractivity contribution in [1.82, 2.24) is 9.97 Å². The number of nitrogens with one attached hydrogen (secondary N) is 1. The van der Waals surface area contributed by atoms with Gasteiger partial charge in [0.05, 0.1) is 24.4 Å². The number of hydrogen-bond acceptors (Lipinski definition) is 6. The molecule has 0 radical (unpaired) electrons. The number of piperidine rings is 1. The highest BCUT2D eigenvalue weighted by molar-refractivity contribution is 5.99. The van der Waals surface area contributed by atoms with Gasteiger partial charge in [0, 0.05) is 30.4 Å². The zero-order chi connectivity index (χ0) is 20.9. The molecule has 1 aromatic carbocycles. The smallest absolute Gasteiger partial charge is 0.228 e. The van der Waals surface area contributed by atoms with E-state index in [0.29, 0.717) is 18.2 Å². The monoisotopic (exact) mass is 407 g/mol. The van der Waals surface area contributed by atoms with Crippen LogP contribution in [0.3, 0.4) is 0 Å². The van der Waals surface area contributed by atoms with E-state index >= 15 is 0 Å². The number of aliphatic hydroxyl groups excluding tert-OH is 1. The molecule has 3 aliphatic rings. The molecule has 3 heterocycles. The highest BCUT2D eigenvalue weighted by atomic mass is 16.3. The van der Waals surface area contributed by atoms with E-state index in [9.17, 15) is 9.90 Å². The molecule has 2 fully saturated rings. The van der Waals surface area contributed by atoms with Gasteiger partial charge < -0.3 is 21.1 Å². The highest BCUT2D eigenvalue weighted by Crippen LogP contribution is 2.46. The van der Waals surface area contributed by atoms with Crippen molar-refractivity contribution in [2.24, 2.45) is 11.1 Å². The minimum atomic E-state index is -0.151. The number of aliphatic hydroxyl groups is 1. The Kier molecular flexibility index (Phi) is 4.75. The molecule has 0 bridgehead atoms. The Labute approximate surface area is 176 Å². The maximum absolute atomic E-state index is 11.7. The van der Waals surface area contributed by atoms with E-state index in [0.717, 1.165) is 66.4 Å². The van der Waals surface area contributed by atoms with Crippen LogP contribution in [0.5, 0.6) is 0 Å². The molecule has 5 rings (SSSR count). The number of fused-ring (bicyclic) bond motifs is 1. The fourth-order valence-electron chi connectivity index (χ4n) is 5.50. The third-order valence-electron chi connectivity index (χ3n) is 7.31. The minimum Gasteiger partial charge on any atom is -0.390 e. The van der Waals surface area contributed by atoms with Gasteiger partial charge in [-0.2, -0.15) is 0 Å². The van der Waals surface area contributed by atoms with Gasteiger partial charge in [-0.3, -0.25) is 4.79 Å². The second kappa shape index (κ2) is 7.32. The molecule has 1 aromatic heterocycles. The molecule has 0 unspecified atom stereocenters. The number of aromatic nitrogens is 2. The van der Waals surface area contributed by atoms with E-state index in [2.05, 4.69) is 10.2 Å². The summed E-state index contributed by atoms with van der Waals surface area (Å²) in [5.74, 6) is 0.805. The topological polar surface area (TPSA) is 104 Å². The van der Waals surface area contributed by atoms with Crippen molar-refractivity contribution in [3.63, 3.8) is 0 Å². The first kappa shape index (κ1) is 19.5. The predicted octanol–water partition coefficient (Wildman–Crippen LogP) is 2.54. The number of anilines is 2. The fraction of sp³-hybridized carbons (Fsp3) is 0.522. The number of nitrogens with zero attached hydrogens (tertiary/aromatic N) is 3. The summed E-state index contributed by atoms with van der Waals surface area (Å²) in [5, 5.41) is 12.9. The summed E-state index contributed by atoms with van der Waals surface area (Å²) in [5.41, 5.74) is 11.7. The van der Waals surface area contributed by atoms with E-state index in [-0.39, 0.29) is 17.9 Å². The lowest BCUT2D eigenvalue weighted by molar-refractivity contribution is -0.115. The summed E-state index contributed by atoms with van der Waals surface area (Å²) >= 11 is 0. The Bertz CT molecular complexity index is 997. The van der Waals surface area contributed by atoms with Crippen LogP contribution in [-0.2, 0) is 17.8 Å². The molecular weight excluding hydrogens is 378 g/mol. The van der Waals surface area contributed by atoms with Crippen molar-refractivity contribution in [3.8, 4) is 11.3 Å². The molecule has 1 saturated carbocycles. The Balaban J connectivity index is 1.43. The van der Waals surface area contributed by atoms with Gasteiger partial charge in [0.25, 0.3) is 0 Å². The summed E-state index contributed by atoms with van der Waals surface area (Å²) in [7, 11) is 0. The predicted molar refractivity (Wildman–Crippen MR) is 116 cm³/mol. The van der Waals surface area contributed by atoms with E-state index in [4.69, 9.17) is 15.7 Å². The summed E-state index contributed by atoms with van der Waals surface area (Å²) in [6.07, 6.45) is 6.14. The van der Waals surface area contributed by atoms with Crippen LogP contribution >= 0.6 is 0 Å². The van der Waals surface area contributed by atoms with E-state index in [1.165, 1.54) is 12.8 Å². The lowest BCUT2D eigenvalue weighted by Gasteiger charge is -2.42. The molecule has 158 valence electrons. The number of amides is 1. The summed E-state index contributed by atoms with van der Waals surface area (Å²) < 4.78 is 0. The van der Waals surface area contributed by atoms with Crippen LogP contribution in [0.2, 0.25) is 0 Å². The average Bonchev–Trinajstić information content (AvgIpc) is 3.29. The molecule has 2 aliphatic heterocycles. The summed E-state index contributed by atoms with van der Waals surface area (Å²) in [6, 6.07) is 6.18. The highest BCUT2D eigenvalue weighted by Gasteiger charge is 2.43. The van der Waals surface area contributed by atoms with Gasteiger partial charge in [-0.25, -0.2) is 9.97 Å². The van der Waals surface area contributed by atoms with Gasteiger partial charge in [0.15, 0.2) is 5.82 Å². The first-order chi connectivity index (χ1) is 14.5. The van der Waals surface area contributed by atoms with Crippen LogP contribution in [0.1, 0.15) is 49.1 Å². The van der Waals surface area contributed by atoms with Crippen molar-refractivity contribution in [3.05, 3.63) is 35.2 Å². The fourth-order valence-corrected chi connectivity index (χ4v) is 5.50. The number of hydrogen-bond donors (Lipinski definition) is 3. The first-order valence-corrected chi connectivity index (χ1v) is 10.9. The molecule has 4 N–H and O–H groups in total. The van der Waals surface area contributed by atoms with E-state index in [1.807, 2.05) is 25.1 Å². The SMILES string of the molecule is Cc1nc(N2CCC3(CCC[C@H]3N)CC2)c(CO)nc1-c1ccc2c(c1)CC(=O)N2. The Morgan fingerprint density at radius 2 is 2.07 bits per heavy atom. The second-order valence-corrected chi connectivity index (χ2v) is 9.03. The first-order valence-electron chi connectivity index (χ1n) is 10.9. The van der Waals surface area contributed by atoms with Gasteiger partial charge in [0.2, 0.25) is 5.91 Å². The van der Waals surface area contributed by atoms with Crippen LogP contribution in [0.15, 0.2) is 18.2 Å².